The van der Waals surface area contributed by atoms with E-state index in [-0.39, 0.29) is 17.7 Å². The molecule has 0 aromatic heterocycles. The number of hydrogen-bond donors (Lipinski definition) is 1. The first-order valence-electron chi connectivity index (χ1n) is 6.57. The van der Waals surface area contributed by atoms with Crippen molar-refractivity contribution in [1.82, 2.24) is 4.90 Å². The van der Waals surface area contributed by atoms with E-state index in [0.717, 1.165) is 6.42 Å². The van der Waals surface area contributed by atoms with E-state index < -0.39 is 11.9 Å². The Kier molecular flexibility index (Phi) is 4.37. The van der Waals surface area contributed by atoms with Crippen molar-refractivity contribution >= 4 is 5.91 Å². The Morgan fingerprint density at radius 2 is 2.32 bits per heavy atom. The molecular weight excluding hydrogens is 247 g/mol. The van der Waals surface area contributed by atoms with Gasteiger partial charge in [-0.15, -0.1) is 0 Å². The molecule has 1 aliphatic rings. The second-order valence-electron chi connectivity index (χ2n) is 4.78. The molecule has 2 N–H and O–H groups in total. The minimum Gasteiger partial charge on any atom is -0.478 e. The number of ether oxygens (including phenoxy) is 1. The molecule has 2 atom stereocenters. The van der Waals surface area contributed by atoms with Crippen LogP contribution in [0, 0.1) is 5.82 Å². The maximum absolute atomic E-state index is 13.5. The summed E-state index contributed by atoms with van der Waals surface area (Å²) in [6, 6.07) is 6.15. The lowest BCUT2D eigenvalue weighted by atomic mass is 10.2. The van der Waals surface area contributed by atoms with Crippen molar-refractivity contribution in [2.45, 2.75) is 31.9 Å². The fourth-order valence-electron chi connectivity index (χ4n) is 2.19. The van der Waals surface area contributed by atoms with Crippen LogP contribution in [0.1, 0.15) is 19.8 Å². The summed E-state index contributed by atoms with van der Waals surface area (Å²) in [5.41, 5.74) is 5.79. The average molecular weight is 266 g/mol. The van der Waals surface area contributed by atoms with Gasteiger partial charge in [0, 0.05) is 19.1 Å². The Labute approximate surface area is 112 Å². The van der Waals surface area contributed by atoms with Crippen LogP contribution in [-0.2, 0) is 4.79 Å². The first-order chi connectivity index (χ1) is 9.11. The van der Waals surface area contributed by atoms with E-state index in [1.54, 1.807) is 17.0 Å². The number of nitrogens with two attached hydrogens (primary N) is 1. The molecule has 1 aliphatic heterocycles. The van der Waals surface area contributed by atoms with Gasteiger partial charge < -0.3 is 15.4 Å². The molecule has 0 bridgehead atoms. The maximum Gasteiger partial charge on any atom is 0.263 e. The number of amides is 1. The van der Waals surface area contributed by atoms with Gasteiger partial charge in [0.15, 0.2) is 17.7 Å². The number of carbonyl (C=O) groups excluding carboxylic acids is 1. The van der Waals surface area contributed by atoms with Crippen molar-refractivity contribution in [3.63, 3.8) is 0 Å². The van der Waals surface area contributed by atoms with Crippen LogP contribution in [0.15, 0.2) is 24.3 Å². The second kappa shape index (κ2) is 6.02. The Morgan fingerprint density at radius 1 is 1.58 bits per heavy atom. The first-order valence-corrected chi connectivity index (χ1v) is 6.57. The van der Waals surface area contributed by atoms with E-state index in [4.69, 9.17) is 10.5 Å². The minimum absolute atomic E-state index is 0.0370. The van der Waals surface area contributed by atoms with Crippen molar-refractivity contribution in [2.24, 2.45) is 5.73 Å². The molecule has 1 heterocycles. The zero-order valence-corrected chi connectivity index (χ0v) is 11.0. The molecule has 1 fully saturated rings. The molecule has 1 amide bonds. The highest BCUT2D eigenvalue weighted by Gasteiger charge is 2.30. The summed E-state index contributed by atoms with van der Waals surface area (Å²) in [7, 11) is 0. The summed E-state index contributed by atoms with van der Waals surface area (Å²) in [5.74, 6) is -0.447. The minimum atomic E-state index is -0.651. The topological polar surface area (TPSA) is 55.6 Å². The maximum atomic E-state index is 13.5. The van der Waals surface area contributed by atoms with Crippen molar-refractivity contribution in [3.8, 4) is 5.75 Å². The highest BCUT2D eigenvalue weighted by molar-refractivity contribution is 5.81. The third-order valence-corrected chi connectivity index (χ3v) is 3.29. The lowest BCUT2D eigenvalue weighted by Gasteiger charge is -2.23. The molecule has 0 spiro atoms. The normalized spacial score (nSPS) is 20.4. The van der Waals surface area contributed by atoms with Gasteiger partial charge in [-0.3, -0.25) is 4.79 Å². The number of hydrogen-bond acceptors (Lipinski definition) is 3. The fourth-order valence-corrected chi connectivity index (χ4v) is 2.19. The van der Waals surface area contributed by atoms with Crippen LogP contribution >= 0.6 is 0 Å². The highest BCUT2D eigenvalue weighted by atomic mass is 19.1. The largest absolute Gasteiger partial charge is 0.478 e. The molecule has 5 heteroatoms. The molecule has 19 heavy (non-hydrogen) atoms. The molecule has 4 nitrogen and oxygen atoms in total. The van der Waals surface area contributed by atoms with Gasteiger partial charge in [-0.25, -0.2) is 4.39 Å². The number of likely N-dealkylation sites (tertiary alicyclic amines) is 1. The molecule has 2 rings (SSSR count). The quantitative estimate of drug-likeness (QED) is 0.899. The van der Waals surface area contributed by atoms with Gasteiger partial charge >= 0.3 is 0 Å². The van der Waals surface area contributed by atoms with E-state index in [1.807, 2.05) is 6.92 Å². The number of benzene rings is 1. The summed E-state index contributed by atoms with van der Waals surface area (Å²) in [6.07, 6.45) is 0.656. The SMILES string of the molecule is CCC(Oc1ccccc1F)C(=O)N1CC[C@@H](N)C1. The molecular formula is C14H19FN2O2. The average Bonchev–Trinajstić information content (AvgIpc) is 2.84. The monoisotopic (exact) mass is 266 g/mol. The number of para-hydroxylation sites is 1. The lowest BCUT2D eigenvalue weighted by molar-refractivity contribution is -0.137. The van der Waals surface area contributed by atoms with Crippen LogP contribution in [0.3, 0.4) is 0 Å². The number of halogens is 1. The zero-order chi connectivity index (χ0) is 13.8. The van der Waals surface area contributed by atoms with Crippen LogP contribution in [-0.4, -0.2) is 36.0 Å². The van der Waals surface area contributed by atoms with Crippen molar-refractivity contribution in [2.75, 3.05) is 13.1 Å². The van der Waals surface area contributed by atoms with Crippen LogP contribution in [0.5, 0.6) is 5.75 Å². The smallest absolute Gasteiger partial charge is 0.263 e. The summed E-state index contributed by atoms with van der Waals surface area (Å²) in [4.78, 5) is 14.0. The Hall–Kier alpha value is -1.62. The van der Waals surface area contributed by atoms with E-state index in [1.165, 1.54) is 12.1 Å². The Bertz CT molecular complexity index is 453. The summed E-state index contributed by atoms with van der Waals surface area (Å²) in [5, 5.41) is 0. The van der Waals surface area contributed by atoms with Crippen molar-refractivity contribution < 1.29 is 13.9 Å². The van der Waals surface area contributed by atoms with Crippen molar-refractivity contribution in [3.05, 3.63) is 30.1 Å². The molecule has 1 unspecified atom stereocenters. The van der Waals surface area contributed by atoms with Gasteiger partial charge in [0.05, 0.1) is 0 Å². The first kappa shape index (κ1) is 13.8. The van der Waals surface area contributed by atoms with Crippen LogP contribution in [0.25, 0.3) is 0 Å². The van der Waals surface area contributed by atoms with Crippen molar-refractivity contribution in [1.29, 1.82) is 0 Å². The summed E-state index contributed by atoms with van der Waals surface area (Å²) < 4.78 is 19.0. The van der Waals surface area contributed by atoms with Crippen LogP contribution in [0.2, 0.25) is 0 Å². The fraction of sp³-hybridized carbons (Fsp3) is 0.500. The third-order valence-electron chi connectivity index (χ3n) is 3.29. The van der Waals surface area contributed by atoms with Gasteiger partial charge in [0.25, 0.3) is 5.91 Å². The number of nitrogens with zero attached hydrogens (tertiary/aromatic N) is 1. The summed E-state index contributed by atoms with van der Waals surface area (Å²) in [6.45, 7) is 3.05. The molecule has 0 aliphatic carbocycles. The van der Waals surface area contributed by atoms with E-state index in [2.05, 4.69) is 0 Å². The second-order valence-corrected chi connectivity index (χ2v) is 4.78. The molecule has 1 aromatic carbocycles. The summed E-state index contributed by atoms with van der Waals surface area (Å²) >= 11 is 0. The Balaban J connectivity index is 2.04. The Morgan fingerprint density at radius 3 is 2.89 bits per heavy atom. The van der Waals surface area contributed by atoms with E-state index >= 15 is 0 Å². The third kappa shape index (κ3) is 3.23. The predicted octanol–water partition coefficient (Wildman–Crippen LogP) is 1.54. The lowest BCUT2D eigenvalue weighted by Crippen LogP contribution is -2.41. The van der Waals surface area contributed by atoms with Gasteiger partial charge in [-0.1, -0.05) is 19.1 Å². The molecule has 0 radical (unpaired) electrons. The zero-order valence-electron chi connectivity index (χ0n) is 11.0. The van der Waals surface area contributed by atoms with E-state index in [0.29, 0.717) is 19.5 Å². The van der Waals surface area contributed by atoms with E-state index in [9.17, 15) is 9.18 Å². The molecule has 104 valence electrons. The van der Waals surface area contributed by atoms with Gasteiger partial charge in [0.2, 0.25) is 0 Å². The van der Waals surface area contributed by atoms with Gasteiger partial charge in [-0.05, 0) is 25.0 Å². The highest BCUT2D eigenvalue weighted by Crippen LogP contribution is 2.20. The molecule has 1 aromatic rings. The molecule has 0 saturated carbocycles. The number of rotatable bonds is 4. The standard InChI is InChI=1S/C14H19FN2O2/c1-2-12(14(18)17-8-7-10(16)9-17)19-13-6-4-3-5-11(13)15/h3-6,10,12H,2,7-9,16H2,1H3/t10-,12?/m1/s1. The number of carbonyl (C=O) groups is 1. The van der Waals surface area contributed by atoms with Gasteiger partial charge in [0.1, 0.15) is 0 Å². The van der Waals surface area contributed by atoms with Gasteiger partial charge in [-0.2, -0.15) is 0 Å². The van der Waals surface area contributed by atoms with Crippen LogP contribution < -0.4 is 10.5 Å². The molecule has 1 saturated heterocycles. The van der Waals surface area contributed by atoms with Crippen LogP contribution in [0.4, 0.5) is 4.39 Å². The predicted molar refractivity (Wildman–Crippen MR) is 70.3 cm³/mol.